The van der Waals surface area contributed by atoms with Gasteiger partial charge in [-0.25, -0.2) is 18.9 Å². The molecule has 0 fully saturated rings. The summed E-state index contributed by atoms with van der Waals surface area (Å²) in [6, 6.07) is 18.8. The SMILES string of the molecule is C=CCOC(=O)Cc1ccc(OP(=O)(Cl)NC)cc1.C=CCOC(=O)Cc1ccc(OP(=O)(OCc2ccc([N+](=O)[O-])s2)N(C)CCCCCl)cc1.CCCCCl.O=[N+]([O-])c1ccc(C[O-])s1.[Li+]. The van der Waals surface area contributed by atoms with Crippen LogP contribution >= 0.6 is 71.7 Å². The summed E-state index contributed by atoms with van der Waals surface area (Å²) in [5.74, 6) is 1.22. The van der Waals surface area contributed by atoms with Crippen LogP contribution in [0.3, 0.4) is 0 Å². The molecule has 2 aromatic carbocycles. The summed E-state index contributed by atoms with van der Waals surface area (Å²) in [5.41, 5.74) is 1.46. The van der Waals surface area contributed by atoms with Gasteiger partial charge in [-0.05, 0) is 85.8 Å². The number of carbonyl (C=O) groups is 2. The third-order valence-corrected chi connectivity index (χ3v) is 14.1. The number of hydrogen-bond acceptors (Lipinski definition) is 16. The maximum atomic E-state index is 13.6. The van der Waals surface area contributed by atoms with E-state index in [2.05, 4.69) is 25.2 Å². The molecule has 0 saturated carbocycles. The molecule has 0 radical (unpaired) electrons. The van der Waals surface area contributed by atoms with Crippen LogP contribution in [-0.4, -0.2) is 72.1 Å². The molecule has 4 rings (SSSR count). The van der Waals surface area contributed by atoms with E-state index in [0.717, 1.165) is 47.0 Å². The Morgan fingerprint density at radius 3 is 1.59 bits per heavy atom. The van der Waals surface area contributed by atoms with Gasteiger partial charge in [-0.3, -0.25) is 34.3 Å². The van der Waals surface area contributed by atoms with Crippen molar-refractivity contribution in [1.82, 2.24) is 9.76 Å². The number of nitrogens with one attached hydrogen (secondary N) is 1. The van der Waals surface area contributed by atoms with Crippen LogP contribution in [0, 0.1) is 20.2 Å². The predicted molar refractivity (Wildman–Crippen MR) is 263 cm³/mol. The number of thiophene rings is 2. The minimum absolute atomic E-state index is 0. The molecule has 2 aromatic heterocycles. The predicted octanol–water partition coefficient (Wildman–Crippen LogP) is 8.03. The van der Waals surface area contributed by atoms with Crippen molar-refractivity contribution in [3.63, 3.8) is 0 Å². The van der Waals surface area contributed by atoms with E-state index in [1.807, 2.05) is 0 Å². The molecular formula is C42H54Cl3LiN4O14P2S2. The van der Waals surface area contributed by atoms with Crippen LogP contribution in [0.5, 0.6) is 11.5 Å². The second-order valence-corrected chi connectivity index (χ2v) is 21.2. The fourth-order valence-corrected chi connectivity index (χ4v) is 8.65. The third-order valence-electron chi connectivity index (χ3n) is 7.92. The van der Waals surface area contributed by atoms with E-state index < -0.39 is 24.5 Å². The first-order chi connectivity index (χ1) is 31.9. The summed E-state index contributed by atoms with van der Waals surface area (Å²) in [4.78, 5) is 44.1. The van der Waals surface area contributed by atoms with Crippen LogP contribution in [0.2, 0.25) is 0 Å². The number of benzene rings is 2. The average molecular weight is 1080 g/mol. The number of halogens is 3. The van der Waals surface area contributed by atoms with E-state index >= 15 is 0 Å². The summed E-state index contributed by atoms with van der Waals surface area (Å²) >= 11 is 18.5. The monoisotopic (exact) mass is 1080 g/mol. The van der Waals surface area contributed by atoms with E-state index in [9.17, 15) is 44.1 Å². The van der Waals surface area contributed by atoms with Crippen LogP contribution in [0.15, 0.2) is 98.1 Å². The first-order valence-corrected chi connectivity index (χ1v) is 26.8. The van der Waals surface area contributed by atoms with Gasteiger partial charge in [0, 0.05) is 46.6 Å². The summed E-state index contributed by atoms with van der Waals surface area (Å²) in [5, 5.41) is 33.5. The standard InChI is InChI=1S/C21H26ClN2O7PS.C12H15ClNO4P.C5H4NO3S.C4H9Cl.Li/c1-3-14-29-21(25)15-17-6-8-18(9-7-17)31-32(28,23(2)13-5-4-12-22)30-16-19-10-11-20(33-19)24(26)27;1-3-8-17-12(15)9-10-4-6-11(7-5-10)18-19(13,16)14-2;7-3-4-1-2-5(10-4)6(8)9;1-2-3-4-5;/h3,6-11H,1,4-5,12-16H2,2H3;3-7H,1,8-9H2,2H3,(H,14,16);1-2H,3H2;2-4H2,1H3;/q;;-1;;+1. The molecule has 2 atom stereocenters. The van der Waals surface area contributed by atoms with E-state index in [1.165, 1.54) is 48.5 Å². The quantitative estimate of drug-likeness (QED) is 0.00915. The Balaban J connectivity index is 0.00000107. The first kappa shape index (κ1) is 64.4. The Kier molecular flexibility index (Phi) is 34.5. The van der Waals surface area contributed by atoms with Gasteiger partial charge in [0.05, 0.1) is 29.3 Å². The molecular weight excluding hydrogens is 1020 g/mol. The zero-order valence-electron chi connectivity index (χ0n) is 38.1. The molecule has 0 bridgehead atoms. The zero-order chi connectivity index (χ0) is 50.3. The first-order valence-electron chi connectivity index (χ1n) is 20.1. The maximum absolute atomic E-state index is 13.6. The van der Waals surface area contributed by atoms with E-state index in [4.69, 9.17) is 57.5 Å². The second-order valence-electron chi connectivity index (χ2n) is 13.2. The average Bonchev–Trinajstić information content (AvgIpc) is 4.01. The molecule has 0 aliphatic rings. The Labute approximate surface area is 431 Å². The number of unbranched alkanes of at least 4 members (excludes halogenated alkanes) is 2. The molecule has 2 heterocycles. The van der Waals surface area contributed by atoms with Crippen LogP contribution in [0.1, 0.15) is 53.5 Å². The molecule has 4 aromatic rings. The Hall–Kier alpha value is -3.57. The fraction of sp³-hybridized carbons (Fsp3) is 0.381. The van der Waals surface area contributed by atoms with Crippen molar-refractivity contribution in [2.45, 2.75) is 58.7 Å². The van der Waals surface area contributed by atoms with Gasteiger partial charge in [-0.2, -0.15) is 0 Å². The molecule has 0 aliphatic heterocycles. The molecule has 370 valence electrons. The van der Waals surface area contributed by atoms with E-state index in [0.29, 0.717) is 45.7 Å². The van der Waals surface area contributed by atoms with Crippen LogP contribution in [-0.2, 0) is 58.8 Å². The summed E-state index contributed by atoms with van der Waals surface area (Å²) in [7, 11) is -0.722. The number of alkyl halides is 2. The molecule has 0 spiro atoms. The third kappa shape index (κ3) is 27.6. The van der Waals surface area contributed by atoms with Crippen molar-refractivity contribution in [3.8, 4) is 11.5 Å². The summed E-state index contributed by atoms with van der Waals surface area (Å²) in [6.45, 7) is 6.01. The van der Waals surface area contributed by atoms with Gasteiger partial charge in [0.15, 0.2) is 0 Å². The Morgan fingerprint density at radius 1 is 0.765 bits per heavy atom. The van der Waals surface area contributed by atoms with Crippen molar-refractivity contribution in [2.75, 3.05) is 45.6 Å². The van der Waals surface area contributed by atoms with Gasteiger partial charge in [0.1, 0.15) is 24.7 Å². The minimum atomic E-state index is -3.79. The molecule has 0 saturated heterocycles. The van der Waals surface area contributed by atoms with Gasteiger partial charge in [0.2, 0.25) is 0 Å². The topological polar surface area (TPSA) is 239 Å². The number of carbonyl (C=O) groups excluding carboxylic acids is 2. The molecule has 0 amide bonds. The second kappa shape index (κ2) is 36.4. The summed E-state index contributed by atoms with van der Waals surface area (Å²) < 4.78 is 52.9. The zero-order valence-corrected chi connectivity index (χ0v) is 43.8. The fourth-order valence-electron chi connectivity index (χ4n) is 4.51. The van der Waals surface area contributed by atoms with Crippen molar-refractivity contribution in [1.29, 1.82) is 0 Å². The number of ether oxygens (including phenoxy) is 2. The Bertz CT molecular complexity index is 2220. The molecule has 2 unspecified atom stereocenters. The van der Waals surface area contributed by atoms with Crippen molar-refractivity contribution >= 4 is 93.7 Å². The number of nitro groups is 2. The molecule has 18 nitrogen and oxygen atoms in total. The van der Waals surface area contributed by atoms with Gasteiger partial charge in [-0.1, -0.05) is 85.6 Å². The minimum Gasteiger partial charge on any atom is -0.850 e. The van der Waals surface area contributed by atoms with Crippen LogP contribution in [0.25, 0.3) is 0 Å². The molecule has 68 heavy (non-hydrogen) atoms. The number of esters is 2. The maximum Gasteiger partial charge on any atom is 1.00 e. The molecule has 0 aliphatic carbocycles. The number of hydrogen-bond donors (Lipinski definition) is 1. The van der Waals surface area contributed by atoms with Gasteiger partial charge in [0.25, 0.3) is 0 Å². The summed E-state index contributed by atoms with van der Waals surface area (Å²) in [6.07, 6.45) is 7.02. The number of nitrogens with zero attached hydrogens (tertiary/aromatic N) is 3. The van der Waals surface area contributed by atoms with Gasteiger partial charge >= 0.3 is 55.4 Å². The van der Waals surface area contributed by atoms with E-state index in [1.54, 1.807) is 61.6 Å². The van der Waals surface area contributed by atoms with Crippen molar-refractivity contribution in [3.05, 3.63) is 139 Å². The van der Waals surface area contributed by atoms with Crippen LogP contribution in [0.4, 0.5) is 10.0 Å². The van der Waals surface area contributed by atoms with Gasteiger partial charge < -0.3 is 23.6 Å². The Morgan fingerprint density at radius 2 is 1.22 bits per heavy atom. The normalized spacial score (nSPS) is 12.0. The molecule has 26 heteroatoms. The van der Waals surface area contributed by atoms with Crippen LogP contribution < -0.4 is 38.1 Å². The molecule has 1 N–H and O–H groups in total. The van der Waals surface area contributed by atoms with E-state index in [-0.39, 0.29) is 80.1 Å². The number of rotatable bonds is 26. The van der Waals surface area contributed by atoms with Crippen molar-refractivity contribution < 1.29 is 75.6 Å². The smallest absolute Gasteiger partial charge is 0.850 e. The van der Waals surface area contributed by atoms with Gasteiger partial charge in [-0.15, -0.1) is 29.8 Å². The largest absolute Gasteiger partial charge is 1.00 e. The van der Waals surface area contributed by atoms with Crippen molar-refractivity contribution in [2.24, 2.45) is 0 Å².